The van der Waals surface area contributed by atoms with Crippen molar-refractivity contribution in [3.63, 3.8) is 0 Å². The first kappa shape index (κ1) is 39.6. The molecular formula is C43H52F2N5O2+. The van der Waals surface area contributed by atoms with Gasteiger partial charge < -0.3 is 15.4 Å². The lowest BCUT2D eigenvalue weighted by Gasteiger charge is -2.18. The van der Waals surface area contributed by atoms with Crippen LogP contribution < -0.4 is 20.8 Å². The van der Waals surface area contributed by atoms with Crippen molar-refractivity contribution in [1.29, 1.82) is 0 Å². The van der Waals surface area contributed by atoms with Crippen LogP contribution in [0.3, 0.4) is 0 Å². The molecular weight excluding hydrogens is 657 g/mol. The highest BCUT2D eigenvalue weighted by molar-refractivity contribution is 5.78. The lowest BCUT2D eigenvalue weighted by atomic mass is 10.00. The van der Waals surface area contributed by atoms with E-state index in [1.165, 1.54) is 44.5 Å². The van der Waals surface area contributed by atoms with Gasteiger partial charge in [-0.15, -0.1) is 5.43 Å². The van der Waals surface area contributed by atoms with Crippen LogP contribution >= 0.6 is 0 Å². The van der Waals surface area contributed by atoms with E-state index < -0.39 is 17.7 Å². The molecule has 1 saturated heterocycles. The molecule has 0 atom stereocenters. The summed E-state index contributed by atoms with van der Waals surface area (Å²) in [5.41, 5.74) is 9.07. The van der Waals surface area contributed by atoms with Gasteiger partial charge in [0, 0.05) is 30.0 Å². The molecule has 0 amide bonds. The molecule has 2 aliphatic rings. The molecule has 1 fully saturated rings. The van der Waals surface area contributed by atoms with E-state index >= 15 is 8.78 Å². The van der Waals surface area contributed by atoms with Crippen LogP contribution in [0.4, 0.5) is 14.5 Å². The summed E-state index contributed by atoms with van der Waals surface area (Å²) in [6.07, 6.45) is 14.0. The van der Waals surface area contributed by atoms with Gasteiger partial charge in [-0.2, -0.15) is 4.39 Å². The van der Waals surface area contributed by atoms with E-state index in [-0.39, 0.29) is 11.4 Å². The summed E-state index contributed by atoms with van der Waals surface area (Å²) >= 11 is 0. The van der Waals surface area contributed by atoms with E-state index in [2.05, 4.69) is 21.1 Å². The second-order valence-electron chi connectivity index (χ2n) is 13.0. The molecule has 3 aromatic carbocycles. The Morgan fingerprint density at radius 3 is 2.08 bits per heavy atom. The lowest BCUT2D eigenvalue weighted by Crippen LogP contribution is -2.22. The fraction of sp³-hybridized carbons (Fsp3) is 0.326. The molecule has 52 heavy (non-hydrogen) atoms. The van der Waals surface area contributed by atoms with Crippen molar-refractivity contribution in [2.24, 2.45) is 4.99 Å². The number of aliphatic imine (C=N–C) groups is 1. The minimum absolute atomic E-state index is 0.295. The summed E-state index contributed by atoms with van der Waals surface area (Å²) in [6, 6.07) is 17.1. The number of benzene rings is 3. The number of hydrogen-bond acceptors (Lipinski definition) is 5. The third-order valence-corrected chi connectivity index (χ3v) is 9.01. The molecule has 0 unspecified atom stereocenters. The average molecular weight is 709 g/mol. The number of anilines is 1. The molecule has 1 heterocycles. The van der Waals surface area contributed by atoms with Crippen LogP contribution in [-0.4, -0.2) is 31.2 Å². The van der Waals surface area contributed by atoms with E-state index in [0.717, 1.165) is 44.8 Å². The number of hydrazine groups is 1. The molecule has 3 N–H and O–H groups in total. The largest absolute Gasteiger partial charge is 0.454 e. The number of nitrogens with zero attached hydrogens (tertiary/aromatic N) is 2. The molecule has 3 aromatic rings. The topological polar surface area (TPSA) is 77.8 Å². The Balaban J connectivity index is 0.000000913. The van der Waals surface area contributed by atoms with E-state index in [1.54, 1.807) is 6.21 Å². The molecule has 0 aromatic heterocycles. The van der Waals surface area contributed by atoms with Crippen LogP contribution in [-0.2, 0) is 0 Å². The summed E-state index contributed by atoms with van der Waals surface area (Å²) in [7, 11) is 1.81. The number of halogens is 2. The highest BCUT2D eigenvalue weighted by atomic mass is 19.2. The van der Waals surface area contributed by atoms with E-state index in [4.69, 9.17) is 4.74 Å². The Labute approximate surface area is 307 Å². The number of ether oxygens (including phenoxy) is 1. The van der Waals surface area contributed by atoms with Gasteiger partial charge in [-0.25, -0.2) is 9.38 Å². The number of nitrogens with one attached hydrogen (secondary N) is 3. The Morgan fingerprint density at radius 1 is 0.923 bits per heavy atom. The van der Waals surface area contributed by atoms with Crippen LogP contribution in [0.1, 0.15) is 84.4 Å². The Bertz CT molecular complexity index is 1860. The van der Waals surface area contributed by atoms with E-state index in [1.807, 2.05) is 121 Å². The van der Waals surface area contributed by atoms with Crippen LogP contribution in [0, 0.1) is 16.5 Å². The summed E-state index contributed by atoms with van der Waals surface area (Å²) in [5.74, 6) is -1.56. The minimum atomic E-state index is -1.22. The van der Waals surface area contributed by atoms with E-state index in [0.29, 0.717) is 22.6 Å². The first-order valence-corrected chi connectivity index (χ1v) is 18.0. The van der Waals surface area contributed by atoms with Crippen LogP contribution in [0.2, 0.25) is 0 Å². The Kier molecular flexibility index (Phi) is 14.8. The third-order valence-electron chi connectivity index (χ3n) is 9.01. The molecule has 0 radical (unpaired) electrons. The average Bonchev–Trinajstić information content (AvgIpc) is 3.50. The van der Waals surface area contributed by atoms with Crippen molar-refractivity contribution in [3.05, 3.63) is 147 Å². The molecule has 5 rings (SSSR count). The molecule has 1 aliphatic carbocycles. The first-order chi connectivity index (χ1) is 25.1. The maximum atomic E-state index is 15.7. The number of allylic oxidation sites excluding steroid dienone is 7. The fourth-order valence-corrected chi connectivity index (χ4v) is 6.04. The van der Waals surface area contributed by atoms with Crippen molar-refractivity contribution in [1.82, 2.24) is 10.6 Å². The highest BCUT2D eigenvalue weighted by Crippen LogP contribution is 2.45. The second-order valence-corrected chi connectivity index (χ2v) is 13.0. The molecule has 0 bridgehead atoms. The number of fused-ring (bicyclic) bond motifs is 3. The highest BCUT2D eigenvalue weighted by Gasteiger charge is 2.40. The molecule has 274 valence electrons. The number of piperidine rings is 1. The van der Waals surface area contributed by atoms with Crippen LogP contribution in [0.15, 0.2) is 124 Å². The molecule has 0 spiro atoms. The van der Waals surface area contributed by atoms with Gasteiger partial charge in [-0.1, -0.05) is 80.1 Å². The SMILES string of the molecule is C1CCNCC1.C\C=C/C=C(C(\Oc1ccc(N[N+](=O)C2c3ccccc3-c3ccccc32)c(F)c1F)=C(/C)CC)/C(C)=C/C=N\C(NC)=C(C)C. The first-order valence-electron chi connectivity index (χ1n) is 18.0. The maximum absolute atomic E-state index is 15.7. The summed E-state index contributed by atoms with van der Waals surface area (Å²) in [4.78, 5) is 18.5. The van der Waals surface area contributed by atoms with Gasteiger partial charge in [-0.05, 0) is 113 Å². The van der Waals surface area contributed by atoms with Crippen molar-refractivity contribution in [2.45, 2.75) is 73.3 Å². The van der Waals surface area contributed by atoms with Crippen LogP contribution in [0.25, 0.3) is 11.1 Å². The van der Waals surface area contributed by atoms with Crippen molar-refractivity contribution in [3.8, 4) is 16.9 Å². The maximum Gasteiger partial charge on any atom is 0.285 e. The molecule has 0 saturated carbocycles. The van der Waals surface area contributed by atoms with Gasteiger partial charge in [0.05, 0.1) is 4.91 Å². The molecule has 1 aliphatic heterocycles. The zero-order valence-electron chi connectivity index (χ0n) is 31.4. The summed E-state index contributed by atoms with van der Waals surface area (Å²) in [5, 5.41) is 6.35. The monoisotopic (exact) mass is 708 g/mol. The molecule has 7 nitrogen and oxygen atoms in total. The zero-order chi connectivity index (χ0) is 37.6. The van der Waals surface area contributed by atoms with Gasteiger partial charge in [0.1, 0.15) is 22.1 Å². The lowest BCUT2D eigenvalue weighted by molar-refractivity contribution is -0.552. The van der Waals surface area contributed by atoms with Crippen LogP contribution in [0.5, 0.6) is 5.75 Å². The predicted octanol–water partition coefficient (Wildman–Crippen LogP) is 10.7. The fourth-order valence-electron chi connectivity index (χ4n) is 6.04. The standard InChI is InChI=1S/C38H41F2N4O2.C5H11N/c1-8-10-15-27(26(6)22-23-42-38(41-7)24(3)4)37(25(5)9-2)46-33-21-20-32(34(39)35(33)40)43-44(45)36-30-18-13-11-16-28(30)29-17-12-14-19-31(29)36;1-2-4-6-5-3-1/h8,10-23,36,41H,9H2,1-7H3,(H,43,45);6H,1-5H2/q+1;/b10-8-,26-22+,27-15-,37-25-,42-23-;. The van der Waals surface area contributed by atoms with Gasteiger partial charge in [0.2, 0.25) is 5.82 Å². The number of nitroso groups, excluding NO2 is 1. The summed E-state index contributed by atoms with van der Waals surface area (Å²) < 4.78 is 37.4. The van der Waals surface area contributed by atoms with Crippen molar-refractivity contribution in [2.75, 3.05) is 25.6 Å². The smallest absolute Gasteiger partial charge is 0.285 e. The van der Waals surface area contributed by atoms with Gasteiger partial charge >= 0.3 is 0 Å². The third kappa shape index (κ3) is 9.79. The predicted molar refractivity (Wildman–Crippen MR) is 210 cm³/mol. The quantitative estimate of drug-likeness (QED) is 0.0574. The zero-order valence-corrected chi connectivity index (χ0v) is 31.4. The van der Waals surface area contributed by atoms with Crippen molar-refractivity contribution < 1.29 is 18.4 Å². The Morgan fingerprint density at radius 2 is 1.56 bits per heavy atom. The minimum Gasteiger partial charge on any atom is -0.454 e. The second kappa shape index (κ2) is 19.5. The van der Waals surface area contributed by atoms with Gasteiger partial charge in [0.25, 0.3) is 6.04 Å². The summed E-state index contributed by atoms with van der Waals surface area (Å²) in [6.45, 7) is 14.1. The molecule has 9 heteroatoms. The normalized spacial score (nSPS) is 15.0. The van der Waals surface area contributed by atoms with Gasteiger partial charge in [-0.3, -0.25) is 0 Å². The Hall–Kier alpha value is -5.15. The van der Waals surface area contributed by atoms with Gasteiger partial charge in [0.15, 0.2) is 11.6 Å². The van der Waals surface area contributed by atoms with E-state index in [9.17, 15) is 4.91 Å². The number of hydrogen-bond donors (Lipinski definition) is 3. The number of rotatable bonds is 12. The van der Waals surface area contributed by atoms with Crippen molar-refractivity contribution >= 4 is 11.9 Å².